The Hall–Kier alpha value is -0.430. The van der Waals surface area contributed by atoms with Gasteiger partial charge >= 0.3 is 0 Å². The molecule has 1 aliphatic rings. The van der Waals surface area contributed by atoms with E-state index in [1.54, 1.807) is 22.7 Å². The Morgan fingerprint density at radius 3 is 2.65 bits per heavy atom. The Bertz CT molecular complexity index is 546. The molecule has 4 nitrogen and oxygen atoms in total. The monoisotopic (exact) mass is 316 g/mol. The van der Waals surface area contributed by atoms with Gasteiger partial charge < -0.3 is 5.32 Å². The summed E-state index contributed by atoms with van der Waals surface area (Å²) in [6, 6.07) is 2.01. The first-order valence-corrected chi connectivity index (χ1v) is 9.50. The zero-order valence-electron chi connectivity index (χ0n) is 12.5. The van der Waals surface area contributed by atoms with Gasteiger partial charge in [-0.15, -0.1) is 11.3 Å². The molecule has 1 heterocycles. The largest absolute Gasteiger partial charge is 0.312 e. The van der Waals surface area contributed by atoms with Crippen LogP contribution in [-0.4, -0.2) is 32.4 Å². The Kier molecular flexibility index (Phi) is 5.23. The average molecular weight is 316 g/mol. The second kappa shape index (κ2) is 6.56. The topological polar surface area (TPSA) is 49.4 Å². The molecule has 0 atom stereocenters. The second-order valence-electron chi connectivity index (χ2n) is 5.37. The van der Waals surface area contributed by atoms with Gasteiger partial charge in [0, 0.05) is 29.4 Å². The molecule has 0 aliphatic heterocycles. The fraction of sp³-hybridized carbons (Fsp3) is 0.714. The Balaban J connectivity index is 2.22. The van der Waals surface area contributed by atoms with Gasteiger partial charge in [0.2, 0.25) is 10.0 Å². The van der Waals surface area contributed by atoms with E-state index in [1.165, 1.54) is 0 Å². The molecule has 114 valence electrons. The van der Waals surface area contributed by atoms with E-state index in [-0.39, 0.29) is 6.04 Å². The summed E-state index contributed by atoms with van der Waals surface area (Å²) in [5.74, 6) is 0. The van der Waals surface area contributed by atoms with Crippen LogP contribution in [0.25, 0.3) is 0 Å². The minimum absolute atomic E-state index is 0.177. The molecule has 0 radical (unpaired) electrons. The standard InChI is InChI=1S/C14H24N2O2S2/c1-4-15-10-13-9-14(11(2)19-13)20(17,18)16(3)12-7-5-6-8-12/h9,12,15H,4-8,10H2,1-3H3. The highest BCUT2D eigenvalue weighted by molar-refractivity contribution is 7.89. The maximum Gasteiger partial charge on any atom is 0.244 e. The normalized spacial score (nSPS) is 17.2. The first-order valence-electron chi connectivity index (χ1n) is 7.25. The highest BCUT2D eigenvalue weighted by atomic mass is 32.2. The first kappa shape index (κ1) is 15.9. The molecule has 1 saturated carbocycles. The van der Waals surface area contributed by atoms with Crippen molar-refractivity contribution in [3.05, 3.63) is 15.8 Å². The smallest absolute Gasteiger partial charge is 0.244 e. The highest BCUT2D eigenvalue weighted by Gasteiger charge is 2.31. The van der Waals surface area contributed by atoms with E-state index in [2.05, 4.69) is 5.32 Å². The minimum Gasteiger partial charge on any atom is -0.312 e. The molecule has 0 bridgehead atoms. The van der Waals surface area contributed by atoms with E-state index in [0.29, 0.717) is 4.90 Å². The van der Waals surface area contributed by atoms with Crippen LogP contribution >= 0.6 is 11.3 Å². The SMILES string of the molecule is CCNCc1cc(S(=O)(=O)N(C)C2CCCC2)c(C)s1. The lowest BCUT2D eigenvalue weighted by molar-refractivity contribution is 0.373. The lowest BCUT2D eigenvalue weighted by Gasteiger charge is -2.23. The number of hydrogen-bond acceptors (Lipinski definition) is 4. The Labute approximate surface area is 126 Å². The predicted molar refractivity (Wildman–Crippen MR) is 83.6 cm³/mol. The molecule has 0 aromatic carbocycles. The molecule has 1 N–H and O–H groups in total. The summed E-state index contributed by atoms with van der Waals surface area (Å²) in [6.45, 7) is 5.58. The lowest BCUT2D eigenvalue weighted by Crippen LogP contribution is -2.35. The summed E-state index contributed by atoms with van der Waals surface area (Å²) in [5, 5.41) is 3.24. The summed E-state index contributed by atoms with van der Waals surface area (Å²) in [4.78, 5) is 2.47. The van der Waals surface area contributed by atoms with Crippen molar-refractivity contribution < 1.29 is 8.42 Å². The van der Waals surface area contributed by atoms with Crippen LogP contribution < -0.4 is 5.32 Å². The Morgan fingerprint density at radius 1 is 1.40 bits per heavy atom. The van der Waals surface area contributed by atoms with Crippen molar-refractivity contribution in [2.75, 3.05) is 13.6 Å². The number of sulfonamides is 1. The predicted octanol–water partition coefficient (Wildman–Crippen LogP) is 2.73. The van der Waals surface area contributed by atoms with E-state index in [1.807, 2.05) is 19.9 Å². The van der Waals surface area contributed by atoms with Gasteiger partial charge in [0.25, 0.3) is 0 Å². The first-order chi connectivity index (χ1) is 9.46. The minimum atomic E-state index is -3.34. The molecule has 1 aliphatic carbocycles. The molecule has 1 aromatic rings. The van der Waals surface area contributed by atoms with Gasteiger partial charge in [-0.3, -0.25) is 0 Å². The van der Waals surface area contributed by atoms with Gasteiger partial charge in [0.05, 0.1) is 4.90 Å². The van der Waals surface area contributed by atoms with E-state index in [4.69, 9.17) is 0 Å². The number of nitrogens with one attached hydrogen (secondary N) is 1. The fourth-order valence-electron chi connectivity index (χ4n) is 2.73. The van der Waals surface area contributed by atoms with Crippen LogP contribution in [0.5, 0.6) is 0 Å². The number of hydrogen-bond donors (Lipinski definition) is 1. The molecular formula is C14H24N2O2S2. The average Bonchev–Trinajstić information content (AvgIpc) is 3.04. The van der Waals surface area contributed by atoms with Crippen molar-refractivity contribution in [1.82, 2.24) is 9.62 Å². The third-order valence-corrected chi connectivity index (χ3v) is 7.18. The molecule has 0 spiro atoms. The number of aryl methyl sites for hydroxylation is 1. The van der Waals surface area contributed by atoms with Gasteiger partial charge in [-0.2, -0.15) is 4.31 Å². The molecule has 0 amide bonds. The summed E-state index contributed by atoms with van der Waals surface area (Å²) < 4.78 is 27.1. The van der Waals surface area contributed by atoms with Crippen molar-refractivity contribution >= 4 is 21.4 Å². The van der Waals surface area contributed by atoms with Gasteiger partial charge in [0.1, 0.15) is 0 Å². The third-order valence-electron chi connectivity index (χ3n) is 3.97. The molecule has 6 heteroatoms. The second-order valence-corrected chi connectivity index (χ2v) is 8.68. The number of rotatable bonds is 6. The third kappa shape index (κ3) is 3.24. The molecule has 0 unspecified atom stereocenters. The zero-order valence-corrected chi connectivity index (χ0v) is 14.1. The summed E-state index contributed by atoms with van der Waals surface area (Å²) in [7, 11) is -1.61. The maximum atomic E-state index is 12.7. The van der Waals surface area contributed by atoms with E-state index in [0.717, 1.165) is 48.5 Å². The van der Waals surface area contributed by atoms with Crippen LogP contribution in [0.3, 0.4) is 0 Å². The molecular weight excluding hydrogens is 292 g/mol. The quantitative estimate of drug-likeness (QED) is 0.878. The summed E-state index contributed by atoms with van der Waals surface area (Å²) in [6.07, 6.45) is 4.25. The summed E-state index contributed by atoms with van der Waals surface area (Å²) in [5.41, 5.74) is 0. The van der Waals surface area contributed by atoms with Gasteiger partial charge in [-0.05, 0) is 32.4 Å². The molecule has 20 heavy (non-hydrogen) atoms. The number of thiophene rings is 1. The Morgan fingerprint density at radius 2 is 2.05 bits per heavy atom. The van der Waals surface area contributed by atoms with Crippen molar-refractivity contribution in [3.8, 4) is 0 Å². The van der Waals surface area contributed by atoms with Crippen molar-refractivity contribution in [1.29, 1.82) is 0 Å². The molecule has 1 aromatic heterocycles. The maximum absolute atomic E-state index is 12.7. The van der Waals surface area contributed by atoms with Crippen LogP contribution in [0, 0.1) is 6.92 Å². The van der Waals surface area contributed by atoms with Crippen molar-refractivity contribution in [2.45, 2.75) is 57.0 Å². The van der Waals surface area contributed by atoms with E-state index in [9.17, 15) is 8.42 Å². The fourth-order valence-corrected chi connectivity index (χ4v) is 5.72. The highest BCUT2D eigenvalue weighted by Crippen LogP contribution is 2.32. The van der Waals surface area contributed by atoms with E-state index < -0.39 is 10.0 Å². The van der Waals surface area contributed by atoms with Crippen molar-refractivity contribution in [2.24, 2.45) is 0 Å². The molecule has 1 fully saturated rings. The van der Waals surface area contributed by atoms with Crippen LogP contribution in [0.2, 0.25) is 0 Å². The van der Waals surface area contributed by atoms with E-state index >= 15 is 0 Å². The van der Waals surface area contributed by atoms with Gasteiger partial charge in [-0.1, -0.05) is 19.8 Å². The van der Waals surface area contributed by atoms with Crippen LogP contribution in [0.1, 0.15) is 42.4 Å². The zero-order chi connectivity index (χ0) is 14.8. The van der Waals surface area contributed by atoms with Crippen LogP contribution in [0.15, 0.2) is 11.0 Å². The van der Waals surface area contributed by atoms with Crippen molar-refractivity contribution in [3.63, 3.8) is 0 Å². The lowest BCUT2D eigenvalue weighted by atomic mass is 10.3. The van der Waals surface area contributed by atoms with Gasteiger partial charge in [0.15, 0.2) is 0 Å². The molecule has 0 saturated heterocycles. The van der Waals surface area contributed by atoms with Gasteiger partial charge in [-0.25, -0.2) is 8.42 Å². The summed E-state index contributed by atoms with van der Waals surface area (Å²) >= 11 is 1.57. The van der Waals surface area contributed by atoms with Crippen LogP contribution in [-0.2, 0) is 16.6 Å². The number of nitrogens with zero attached hydrogens (tertiary/aromatic N) is 1. The van der Waals surface area contributed by atoms with Crippen LogP contribution in [0.4, 0.5) is 0 Å². The molecule has 2 rings (SSSR count).